The van der Waals surface area contributed by atoms with Crippen molar-refractivity contribution < 1.29 is 4.79 Å². The van der Waals surface area contributed by atoms with Gasteiger partial charge in [0, 0.05) is 24.5 Å². The number of ketones is 1. The van der Waals surface area contributed by atoms with Crippen LogP contribution in [0.4, 0.5) is 0 Å². The first kappa shape index (κ1) is 11.6. The molecule has 0 aliphatic rings. The maximum atomic E-state index is 12.2. The van der Waals surface area contributed by atoms with Crippen LogP contribution in [0, 0.1) is 6.92 Å². The Kier molecular flexibility index (Phi) is 2.83. The molecule has 3 aromatic rings. The average molecular weight is 251 g/mol. The average Bonchev–Trinajstić information content (AvgIpc) is 2.86. The van der Waals surface area contributed by atoms with E-state index in [4.69, 9.17) is 0 Å². The molecule has 0 amide bonds. The van der Waals surface area contributed by atoms with Gasteiger partial charge < -0.3 is 0 Å². The Hall–Kier alpha value is -2.49. The van der Waals surface area contributed by atoms with Crippen LogP contribution in [0.5, 0.6) is 0 Å². The highest BCUT2D eigenvalue weighted by atomic mass is 16.1. The fourth-order valence-corrected chi connectivity index (χ4v) is 2.05. The summed E-state index contributed by atoms with van der Waals surface area (Å²) in [6, 6.07) is 11.3. The molecule has 4 nitrogen and oxygen atoms in total. The van der Waals surface area contributed by atoms with Crippen molar-refractivity contribution >= 4 is 11.3 Å². The van der Waals surface area contributed by atoms with E-state index in [0.717, 1.165) is 16.8 Å². The topological polar surface area (TPSA) is 47.3 Å². The Labute approximate surface area is 110 Å². The smallest absolute Gasteiger partial charge is 0.185 e. The fraction of sp³-hybridized carbons (Fsp3) is 0.133. The van der Waals surface area contributed by atoms with Crippen molar-refractivity contribution in [3.05, 3.63) is 65.7 Å². The van der Waals surface area contributed by atoms with E-state index < -0.39 is 0 Å². The van der Waals surface area contributed by atoms with Crippen LogP contribution in [0.3, 0.4) is 0 Å². The Morgan fingerprint density at radius 3 is 3.00 bits per heavy atom. The molecular formula is C15H13N3O. The monoisotopic (exact) mass is 251 g/mol. The second kappa shape index (κ2) is 4.65. The van der Waals surface area contributed by atoms with Crippen molar-refractivity contribution in [1.29, 1.82) is 0 Å². The summed E-state index contributed by atoms with van der Waals surface area (Å²) in [4.78, 5) is 16.4. The van der Waals surface area contributed by atoms with Crippen molar-refractivity contribution in [2.75, 3.05) is 0 Å². The summed E-state index contributed by atoms with van der Waals surface area (Å²) >= 11 is 0. The highest BCUT2D eigenvalue weighted by Crippen LogP contribution is 2.10. The van der Waals surface area contributed by atoms with Gasteiger partial charge in [0.15, 0.2) is 5.78 Å². The predicted octanol–water partition coefficient (Wildman–Crippen LogP) is 2.46. The minimum absolute atomic E-state index is 0.0348. The number of aromatic nitrogens is 3. The van der Waals surface area contributed by atoms with Crippen LogP contribution >= 0.6 is 0 Å². The Morgan fingerprint density at radius 2 is 2.16 bits per heavy atom. The number of carbonyl (C=O) groups is 1. The summed E-state index contributed by atoms with van der Waals surface area (Å²) in [6.07, 6.45) is 3.96. The van der Waals surface area contributed by atoms with Gasteiger partial charge in [0.25, 0.3) is 0 Å². The van der Waals surface area contributed by atoms with E-state index in [-0.39, 0.29) is 5.78 Å². The molecule has 3 aromatic heterocycles. The maximum absolute atomic E-state index is 12.2. The molecule has 0 bridgehead atoms. The van der Waals surface area contributed by atoms with Gasteiger partial charge in [-0.05, 0) is 42.8 Å². The van der Waals surface area contributed by atoms with Crippen molar-refractivity contribution in [2.45, 2.75) is 13.3 Å². The molecule has 0 atom stereocenters. The van der Waals surface area contributed by atoms with Gasteiger partial charge in [0.2, 0.25) is 0 Å². The number of fused-ring (bicyclic) bond motifs is 1. The molecule has 0 fully saturated rings. The minimum Gasteiger partial charge on any atom is -0.292 e. The van der Waals surface area contributed by atoms with Crippen molar-refractivity contribution in [3.8, 4) is 0 Å². The summed E-state index contributed by atoms with van der Waals surface area (Å²) < 4.78 is 1.78. The quantitative estimate of drug-likeness (QED) is 0.672. The van der Waals surface area contributed by atoms with Crippen LogP contribution in [0.15, 0.2) is 48.8 Å². The largest absolute Gasteiger partial charge is 0.292 e. The lowest BCUT2D eigenvalue weighted by atomic mass is 10.1. The van der Waals surface area contributed by atoms with Crippen LogP contribution in [0.25, 0.3) is 5.52 Å². The van der Waals surface area contributed by atoms with E-state index in [2.05, 4.69) is 10.1 Å². The molecule has 0 aliphatic heterocycles. The Morgan fingerprint density at radius 1 is 1.26 bits per heavy atom. The first-order chi connectivity index (χ1) is 9.22. The Balaban J connectivity index is 1.86. The van der Waals surface area contributed by atoms with E-state index >= 15 is 0 Å². The zero-order valence-electron chi connectivity index (χ0n) is 10.6. The Bertz CT molecular complexity index is 746. The molecule has 0 radical (unpaired) electrons. The summed E-state index contributed by atoms with van der Waals surface area (Å²) in [6.45, 7) is 1.88. The van der Waals surface area contributed by atoms with Crippen LogP contribution in [0.1, 0.15) is 21.7 Å². The van der Waals surface area contributed by atoms with E-state index in [1.54, 1.807) is 16.8 Å². The number of hydrogen-bond acceptors (Lipinski definition) is 3. The predicted molar refractivity (Wildman–Crippen MR) is 72.2 cm³/mol. The molecular weight excluding hydrogens is 238 g/mol. The maximum Gasteiger partial charge on any atom is 0.185 e. The molecule has 19 heavy (non-hydrogen) atoms. The molecule has 0 saturated heterocycles. The summed E-state index contributed by atoms with van der Waals surface area (Å²) in [5.74, 6) is 0.0348. The molecule has 4 heteroatoms. The molecule has 3 heterocycles. The van der Waals surface area contributed by atoms with E-state index in [1.165, 1.54) is 0 Å². The SMILES string of the molecule is Cc1cccc(C(=O)Cc2ccn3nccc3c2)n1. The number of Topliss-reactive ketones (excluding diaryl/α,β-unsaturated/α-hetero) is 1. The van der Waals surface area contributed by atoms with Gasteiger partial charge >= 0.3 is 0 Å². The number of pyridine rings is 2. The van der Waals surface area contributed by atoms with Gasteiger partial charge in [-0.25, -0.2) is 4.52 Å². The molecule has 0 saturated carbocycles. The second-order valence-electron chi connectivity index (χ2n) is 4.50. The molecule has 0 aromatic carbocycles. The van der Waals surface area contributed by atoms with Crippen LogP contribution in [-0.4, -0.2) is 20.4 Å². The molecule has 3 rings (SSSR count). The minimum atomic E-state index is 0.0348. The fourth-order valence-electron chi connectivity index (χ4n) is 2.05. The lowest BCUT2D eigenvalue weighted by Gasteiger charge is -2.02. The number of hydrogen-bond donors (Lipinski definition) is 0. The first-order valence-corrected chi connectivity index (χ1v) is 6.11. The van der Waals surface area contributed by atoms with Gasteiger partial charge in [-0.15, -0.1) is 0 Å². The van der Waals surface area contributed by atoms with Crippen molar-refractivity contribution in [1.82, 2.24) is 14.6 Å². The highest BCUT2D eigenvalue weighted by Gasteiger charge is 2.09. The van der Waals surface area contributed by atoms with Crippen LogP contribution in [0.2, 0.25) is 0 Å². The summed E-state index contributed by atoms with van der Waals surface area (Å²) in [5.41, 5.74) is 3.34. The number of nitrogens with zero attached hydrogens (tertiary/aromatic N) is 3. The second-order valence-corrected chi connectivity index (χ2v) is 4.50. The van der Waals surface area contributed by atoms with Gasteiger partial charge in [0.05, 0.1) is 5.52 Å². The molecule has 94 valence electrons. The van der Waals surface area contributed by atoms with Gasteiger partial charge in [-0.2, -0.15) is 5.10 Å². The molecule has 0 aliphatic carbocycles. The zero-order chi connectivity index (χ0) is 13.2. The van der Waals surface area contributed by atoms with Crippen molar-refractivity contribution in [3.63, 3.8) is 0 Å². The third kappa shape index (κ3) is 2.38. The lowest BCUT2D eigenvalue weighted by Crippen LogP contribution is -2.06. The summed E-state index contributed by atoms with van der Waals surface area (Å²) in [5, 5.41) is 4.13. The van der Waals surface area contributed by atoms with Gasteiger partial charge in [0.1, 0.15) is 5.69 Å². The normalized spacial score (nSPS) is 10.8. The molecule has 0 spiro atoms. The molecule has 0 N–H and O–H groups in total. The van der Waals surface area contributed by atoms with Crippen molar-refractivity contribution in [2.24, 2.45) is 0 Å². The number of rotatable bonds is 3. The summed E-state index contributed by atoms with van der Waals surface area (Å²) in [7, 11) is 0. The van der Waals surface area contributed by atoms with E-state index in [9.17, 15) is 4.79 Å². The third-order valence-electron chi connectivity index (χ3n) is 3.00. The van der Waals surface area contributed by atoms with Crippen LogP contribution < -0.4 is 0 Å². The molecule has 0 unspecified atom stereocenters. The van der Waals surface area contributed by atoms with E-state index in [1.807, 2.05) is 43.5 Å². The van der Waals surface area contributed by atoms with E-state index in [0.29, 0.717) is 12.1 Å². The zero-order valence-corrected chi connectivity index (χ0v) is 10.6. The van der Waals surface area contributed by atoms with Crippen LogP contribution in [-0.2, 0) is 6.42 Å². The number of aryl methyl sites for hydroxylation is 1. The lowest BCUT2D eigenvalue weighted by molar-refractivity contribution is 0.0988. The highest BCUT2D eigenvalue weighted by molar-refractivity contribution is 5.95. The first-order valence-electron chi connectivity index (χ1n) is 6.11. The van der Waals surface area contributed by atoms with Gasteiger partial charge in [-0.1, -0.05) is 6.07 Å². The number of carbonyl (C=O) groups excluding carboxylic acids is 1. The van der Waals surface area contributed by atoms with Gasteiger partial charge in [-0.3, -0.25) is 9.78 Å². The third-order valence-corrected chi connectivity index (χ3v) is 3.00. The standard InChI is InChI=1S/C15H13N3O/c1-11-3-2-4-14(17-11)15(19)10-12-6-8-18-13(9-12)5-7-16-18/h2-9H,10H2,1H3.